The highest BCUT2D eigenvalue weighted by atomic mass is 16.3. The van der Waals surface area contributed by atoms with Gasteiger partial charge in [-0.2, -0.15) is 0 Å². The second kappa shape index (κ2) is 10.2. The highest BCUT2D eigenvalue weighted by molar-refractivity contribution is 6.15. The molecule has 3 N–H and O–H groups in total. The first-order chi connectivity index (χ1) is 16.8. The summed E-state index contributed by atoms with van der Waals surface area (Å²) < 4.78 is 2.30. The summed E-state index contributed by atoms with van der Waals surface area (Å²) in [6, 6.07) is 33.8. The maximum absolute atomic E-state index is 11.0. The van der Waals surface area contributed by atoms with E-state index in [1.54, 1.807) is 0 Å². The van der Waals surface area contributed by atoms with Crippen LogP contribution in [0.3, 0.4) is 0 Å². The van der Waals surface area contributed by atoms with Crippen molar-refractivity contribution in [2.75, 3.05) is 19.7 Å². The maximum Gasteiger partial charge on any atom is 0.0843 e. The Morgan fingerprint density at radius 3 is 2.15 bits per heavy atom. The van der Waals surface area contributed by atoms with Gasteiger partial charge in [-0.15, -0.1) is 0 Å². The third kappa shape index (κ3) is 4.36. The van der Waals surface area contributed by atoms with E-state index in [-0.39, 0.29) is 6.61 Å². The monoisotopic (exact) mass is 450 g/mol. The number of benzene rings is 4. The van der Waals surface area contributed by atoms with Gasteiger partial charge in [-0.25, -0.2) is 0 Å². The number of aliphatic hydroxyl groups is 2. The van der Waals surface area contributed by atoms with Gasteiger partial charge in [-0.05, 0) is 29.5 Å². The van der Waals surface area contributed by atoms with Crippen molar-refractivity contribution >= 4 is 21.7 Å². The first-order valence-corrected chi connectivity index (χ1v) is 11.9. The molecule has 1 aromatic heterocycles. The topological polar surface area (TPSA) is 57.4 Å². The summed E-state index contributed by atoms with van der Waals surface area (Å²) in [4.78, 5) is 0. The zero-order valence-electron chi connectivity index (χ0n) is 19.2. The van der Waals surface area contributed by atoms with E-state index in [1.165, 1.54) is 21.7 Å². The van der Waals surface area contributed by atoms with Crippen LogP contribution in [0.2, 0.25) is 0 Å². The predicted molar refractivity (Wildman–Crippen MR) is 141 cm³/mol. The number of rotatable bonds is 9. The van der Waals surface area contributed by atoms with E-state index in [2.05, 4.69) is 94.8 Å². The molecule has 0 spiro atoms. The quantitative estimate of drug-likeness (QED) is 0.261. The van der Waals surface area contributed by atoms with Crippen molar-refractivity contribution in [3.8, 4) is 22.4 Å². The molecule has 1 atom stereocenters. The van der Waals surface area contributed by atoms with Gasteiger partial charge in [0.1, 0.15) is 0 Å². The van der Waals surface area contributed by atoms with Gasteiger partial charge in [0.15, 0.2) is 0 Å². The summed E-state index contributed by atoms with van der Waals surface area (Å²) in [5, 5.41) is 26.9. The van der Waals surface area contributed by atoms with Gasteiger partial charge < -0.3 is 20.1 Å². The van der Waals surface area contributed by atoms with Crippen molar-refractivity contribution in [1.82, 2.24) is 9.88 Å². The lowest BCUT2D eigenvalue weighted by molar-refractivity contribution is 0.152. The van der Waals surface area contributed by atoms with Gasteiger partial charge in [-0.3, -0.25) is 0 Å². The Labute approximate surface area is 200 Å². The minimum absolute atomic E-state index is 0.149. The summed E-state index contributed by atoms with van der Waals surface area (Å²) >= 11 is 0. The molecule has 172 valence electrons. The Morgan fingerprint density at radius 1 is 0.735 bits per heavy atom. The lowest BCUT2D eigenvalue weighted by atomic mass is 9.97. The summed E-state index contributed by atoms with van der Waals surface area (Å²) in [5.74, 6) is 0. The molecular weight excluding hydrogens is 420 g/mol. The molecule has 0 aliphatic rings. The molecule has 0 fully saturated rings. The standard InChI is InChI=1S/C30H30N2O2/c33-19-9-18-31-20-25(34)21-32-29(24-13-5-2-6-14-24)28(23-11-3-1-4-12-23)27-17-16-22-10-7-8-15-26(22)30(27)32/h1-8,10-17,25,31,33-34H,9,18-21H2. The zero-order chi connectivity index (χ0) is 23.3. The lowest BCUT2D eigenvalue weighted by Gasteiger charge is -2.18. The van der Waals surface area contributed by atoms with Crippen LogP contribution in [-0.4, -0.2) is 40.6 Å². The fraction of sp³-hybridized carbons (Fsp3) is 0.200. The number of aromatic nitrogens is 1. The molecule has 0 aliphatic heterocycles. The Balaban J connectivity index is 1.76. The van der Waals surface area contributed by atoms with E-state index in [9.17, 15) is 5.11 Å². The van der Waals surface area contributed by atoms with E-state index >= 15 is 0 Å². The Kier molecular flexibility index (Phi) is 6.72. The fourth-order valence-electron chi connectivity index (χ4n) is 4.85. The van der Waals surface area contributed by atoms with Crippen LogP contribution in [0.5, 0.6) is 0 Å². The van der Waals surface area contributed by atoms with Crippen molar-refractivity contribution in [2.24, 2.45) is 0 Å². The highest BCUT2D eigenvalue weighted by Crippen LogP contribution is 2.43. The smallest absolute Gasteiger partial charge is 0.0843 e. The number of hydrogen-bond donors (Lipinski definition) is 3. The lowest BCUT2D eigenvalue weighted by Crippen LogP contribution is -2.31. The van der Waals surface area contributed by atoms with Crippen LogP contribution in [0.1, 0.15) is 6.42 Å². The molecule has 0 saturated carbocycles. The molecule has 0 aliphatic carbocycles. The van der Waals surface area contributed by atoms with E-state index in [4.69, 9.17) is 5.11 Å². The molecule has 4 aromatic carbocycles. The second-order valence-corrected chi connectivity index (χ2v) is 8.68. The minimum atomic E-state index is -0.570. The van der Waals surface area contributed by atoms with E-state index < -0.39 is 6.10 Å². The Hall–Kier alpha value is -3.44. The minimum Gasteiger partial charge on any atom is -0.396 e. The normalized spacial score (nSPS) is 12.4. The molecule has 5 aromatic rings. The van der Waals surface area contributed by atoms with Crippen molar-refractivity contribution in [3.05, 3.63) is 97.1 Å². The molecule has 5 rings (SSSR count). The van der Waals surface area contributed by atoms with Gasteiger partial charge >= 0.3 is 0 Å². The number of nitrogens with one attached hydrogen (secondary N) is 1. The van der Waals surface area contributed by atoms with Crippen LogP contribution in [-0.2, 0) is 6.54 Å². The van der Waals surface area contributed by atoms with Gasteiger partial charge in [0.05, 0.1) is 23.9 Å². The SMILES string of the molecule is OCCCNCC(O)Cn1c(-c2ccccc2)c(-c2ccccc2)c2ccc3ccccc3c21. The number of fused-ring (bicyclic) bond motifs is 3. The van der Waals surface area contributed by atoms with Crippen molar-refractivity contribution in [1.29, 1.82) is 0 Å². The molecule has 1 unspecified atom stereocenters. The van der Waals surface area contributed by atoms with Crippen LogP contribution in [0, 0.1) is 0 Å². The molecular formula is C30H30N2O2. The van der Waals surface area contributed by atoms with E-state index in [0.29, 0.717) is 26.1 Å². The predicted octanol–water partition coefficient (Wildman–Crippen LogP) is 5.46. The van der Waals surface area contributed by atoms with Gasteiger partial charge in [-0.1, -0.05) is 97.1 Å². The maximum atomic E-state index is 11.0. The Bertz CT molecular complexity index is 1380. The molecule has 0 radical (unpaired) electrons. The van der Waals surface area contributed by atoms with Crippen molar-refractivity contribution in [2.45, 2.75) is 19.1 Å². The molecule has 0 saturated heterocycles. The first-order valence-electron chi connectivity index (χ1n) is 11.9. The Morgan fingerprint density at radius 2 is 1.41 bits per heavy atom. The van der Waals surface area contributed by atoms with E-state index in [0.717, 1.165) is 22.3 Å². The first kappa shape index (κ1) is 22.4. The summed E-state index contributed by atoms with van der Waals surface area (Å²) in [6.07, 6.45) is 0.108. The van der Waals surface area contributed by atoms with Crippen LogP contribution in [0.4, 0.5) is 0 Å². The van der Waals surface area contributed by atoms with Crippen LogP contribution in [0.25, 0.3) is 44.1 Å². The summed E-state index contributed by atoms with van der Waals surface area (Å²) in [5.41, 5.74) is 5.74. The summed E-state index contributed by atoms with van der Waals surface area (Å²) in [6.45, 7) is 1.77. The number of nitrogens with zero attached hydrogens (tertiary/aromatic N) is 1. The van der Waals surface area contributed by atoms with Gasteiger partial charge in [0.25, 0.3) is 0 Å². The second-order valence-electron chi connectivity index (χ2n) is 8.68. The molecule has 0 amide bonds. The van der Waals surface area contributed by atoms with Crippen LogP contribution in [0.15, 0.2) is 97.1 Å². The molecule has 4 heteroatoms. The molecule has 1 heterocycles. The average molecular weight is 451 g/mol. The number of hydrogen-bond acceptors (Lipinski definition) is 3. The van der Waals surface area contributed by atoms with Crippen LogP contribution < -0.4 is 5.32 Å². The molecule has 4 nitrogen and oxygen atoms in total. The zero-order valence-corrected chi connectivity index (χ0v) is 19.2. The fourth-order valence-corrected chi connectivity index (χ4v) is 4.85. The average Bonchev–Trinajstić information content (AvgIpc) is 3.22. The van der Waals surface area contributed by atoms with Gasteiger partial charge in [0, 0.05) is 29.5 Å². The molecule has 0 bridgehead atoms. The third-order valence-electron chi connectivity index (χ3n) is 6.34. The van der Waals surface area contributed by atoms with Crippen molar-refractivity contribution < 1.29 is 10.2 Å². The largest absolute Gasteiger partial charge is 0.396 e. The highest BCUT2D eigenvalue weighted by Gasteiger charge is 2.23. The third-order valence-corrected chi connectivity index (χ3v) is 6.34. The van der Waals surface area contributed by atoms with Gasteiger partial charge in [0.2, 0.25) is 0 Å². The van der Waals surface area contributed by atoms with Crippen molar-refractivity contribution in [3.63, 3.8) is 0 Å². The summed E-state index contributed by atoms with van der Waals surface area (Å²) in [7, 11) is 0. The van der Waals surface area contributed by atoms with Crippen LogP contribution >= 0.6 is 0 Å². The number of aliphatic hydroxyl groups excluding tert-OH is 2. The van der Waals surface area contributed by atoms with E-state index in [1.807, 2.05) is 12.1 Å². The molecule has 34 heavy (non-hydrogen) atoms.